The smallest absolute Gasteiger partial charge is 0.319 e. The number of phenols is 1. The van der Waals surface area contributed by atoms with Crippen molar-refractivity contribution in [3.8, 4) is 35.4 Å². The number of rotatable bonds is 6. The summed E-state index contributed by atoms with van der Waals surface area (Å²) in [6.45, 7) is 7.41. The number of anilines is 1. The Bertz CT molecular complexity index is 2050. The molecule has 48 heavy (non-hydrogen) atoms. The van der Waals surface area contributed by atoms with Gasteiger partial charge in [-0.2, -0.15) is 9.97 Å². The van der Waals surface area contributed by atoms with Crippen molar-refractivity contribution in [2.75, 3.05) is 37.7 Å². The molecule has 4 saturated heterocycles. The number of hydrogen-bond acceptors (Lipinski definition) is 8. The van der Waals surface area contributed by atoms with Crippen LogP contribution in [0.1, 0.15) is 51.5 Å². The third kappa shape index (κ3) is 4.79. The minimum Gasteiger partial charge on any atom is -0.508 e. The van der Waals surface area contributed by atoms with Gasteiger partial charge in [-0.15, -0.1) is 6.42 Å². The number of hydrogen-bond donors (Lipinski definition) is 2. The Labute approximate surface area is 277 Å². The van der Waals surface area contributed by atoms with Gasteiger partial charge < -0.3 is 20.1 Å². The van der Waals surface area contributed by atoms with Crippen molar-refractivity contribution in [2.24, 2.45) is 5.92 Å². The number of aromatic nitrogens is 3. The zero-order valence-electron chi connectivity index (χ0n) is 27.0. The van der Waals surface area contributed by atoms with Crippen LogP contribution in [-0.4, -0.2) is 74.9 Å². The molecule has 8 rings (SSSR count). The summed E-state index contributed by atoms with van der Waals surface area (Å²) in [4.78, 5) is 18.5. The molecule has 0 amide bonds. The van der Waals surface area contributed by atoms with Gasteiger partial charge in [0.2, 0.25) is 0 Å². The molecule has 248 valence electrons. The zero-order chi connectivity index (χ0) is 33.4. The lowest BCUT2D eigenvalue weighted by Gasteiger charge is -2.44. The van der Waals surface area contributed by atoms with Crippen LogP contribution in [0.4, 0.5) is 19.0 Å². The van der Waals surface area contributed by atoms with E-state index in [2.05, 4.69) is 44.9 Å². The van der Waals surface area contributed by atoms with Gasteiger partial charge >= 0.3 is 6.01 Å². The maximum atomic E-state index is 17.0. The standard InChI is InChI=1S/C37H37F3N6O2/c1-4-26-29(39)7-6-23-12-25(47)13-27(30(23)26)32-31(40)33-28(16-41-32)34(45-18-24-8-10-37(19-45,44-24)21(2)3)43-35(42-33)48-20-36-9-5-11-46(36)17-22(14-36)15-38/h1,6-7,12-13,15-16,21,24,44,47H,5,8-11,14,17-20H2,2-3H3/b22-15-/t24?,36-,37?/m0/s1. The summed E-state index contributed by atoms with van der Waals surface area (Å²) < 4.78 is 51.8. The molecule has 2 N–H and O–H groups in total. The second-order valence-electron chi connectivity index (χ2n) is 14.2. The normalized spacial score (nSPS) is 26.2. The Hall–Kier alpha value is -4.40. The highest BCUT2D eigenvalue weighted by molar-refractivity contribution is 6.03. The highest BCUT2D eigenvalue weighted by atomic mass is 19.1. The van der Waals surface area contributed by atoms with E-state index in [1.165, 1.54) is 30.5 Å². The predicted octanol–water partition coefficient (Wildman–Crippen LogP) is 6.25. The van der Waals surface area contributed by atoms with E-state index in [0.717, 1.165) is 37.8 Å². The number of phenolic OH excluding ortho intramolecular Hbond substituents is 1. The predicted molar refractivity (Wildman–Crippen MR) is 179 cm³/mol. The fourth-order valence-electron chi connectivity index (χ4n) is 8.63. The molecule has 0 aliphatic carbocycles. The largest absolute Gasteiger partial charge is 0.508 e. The number of halogens is 3. The SMILES string of the molecule is C#Cc1c(F)ccc2cc(O)cc(-c3ncc4c(N5CC6CCC(C(C)C)(C5)N6)nc(OC[C@@]56CCCN5C/C(=C\F)C6)nc4c3F)c12. The highest BCUT2D eigenvalue weighted by Gasteiger charge is 2.48. The lowest BCUT2D eigenvalue weighted by atomic mass is 9.84. The molecule has 2 aromatic heterocycles. The van der Waals surface area contributed by atoms with Crippen molar-refractivity contribution < 1.29 is 23.0 Å². The maximum absolute atomic E-state index is 17.0. The first-order chi connectivity index (χ1) is 23.1. The van der Waals surface area contributed by atoms with Gasteiger partial charge in [0.15, 0.2) is 5.82 Å². The molecule has 4 fully saturated rings. The second kappa shape index (κ2) is 11.3. The molecule has 4 aromatic rings. The van der Waals surface area contributed by atoms with E-state index in [9.17, 15) is 13.9 Å². The molecule has 4 aliphatic heterocycles. The van der Waals surface area contributed by atoms with Crippen LogP contribution in [0, 0.1) is 29.9 Å². The number of terminal acetylenes is 1. The van der Waals surface area contributed by atoms with Crippen molar-refractivity contribution in [1.29, 1.82) is 0 Å². The van der Waals surface area contributed by atoms with Crippen LogP contribution < -0.4 is 15.0 Å². The molecule has 2 bridgehead atoms. The maximum Gasteiger partial charge on any atom is 0.319 e. The van der Waals surface area contributed by atoms with E-state index in [1.807, 2.05) is 0 Å². The molecular formula is C37H37F3N6O2. The van der Waals surface area contributed by atoms with Crippen LogP contribution in [0.25, 0.3) is 32.9 Å². The number of nitrogens with zero attached hydrogens (tertiary/aromatic N) is 5. The molecule has 2 aromatic carbocycles. The van der Waals surface area contributed by atoms with Gasteiger partial charge in [-0.25, -0.2) is 13.2 Å². The Kier molecular flexibility index (Phi) is 7.31. The third-order valence-electron chi connectivity index (χ3n) is 11.2. The van der Waals surface area contributed by atoms with Gasteiger partial charge in [0.05, 0.1) is 22.8 Å². The average molecular weight is 655 g/mol. The summed E-state index contributed by atoms with van der Waals surface area (Å²) in [5.41, 5.74) is 0.207. The van der Waals surface area contributed by atoms with Gasteiger partial charge in [-0.1, -0.05) is 25.8 Å². The number of pyridine rings is 1. The molecule has 0 radical (unpaired) electrons. The quantitative estimate of drug-likeness (QED) is 0.236. The molecule has 2 unspecified atom stereocenters. The number of benzene rings is 2. The molecule has 3 atom stereocenters. The first-order valence-corrected chi connectivity index (χ1v) is 16.6. The van der Waals surface area contributed by atoms with E-state index in [4.69, 9.17) is 16.1 Å². The Morgan fingerprint density at radius 3 is 2.88 bits per heavy atom. The number of aromatic hydroxyl groups is 1. The molecule has 6 heterocycles. The van der Waals surface area contributed by atoms with Crippen molar-refractivity contribution in [1.82, 2.24) is 25.2 Å². The summed E-state index contributed by atoms with van der Waals surface area (Å²) in [5, 5.41) is 15.5. The highest BCUT2D eigenvalue weighted by Crippen LogP contribution is 2.44. The van der Waals surface area contributed by atoms with Crippen LogP contribution >= 0.6 is 0 Å². The number of nitrogens with one attached hydrogen (secondary N) is 1. The van der Waals surface area contributed by atoms with Crippen LogP contribution in [-0.2, 0) is 0 Å². The van der Waals surface area contributed by atoms with Gasteiger partial charge in [0, 0.05) is 48.4 Å². The summed E-state index contributed by atoms with van der Waals surface area (Å²) in [7, 11) is 0. The number of ether oxygens (including phenoxy) is 1. The lowest BCUT2D eigenvalue weighted by molar-refractivity contribution is 0.108. The third-order valence-corrected chi connectivity index (χ3v) is 11.2. The summed E-state index contributed by atoms with van der Waals surface area (Å²) in [6, 6.07) is 5.77. The molecule has 4 aliphatic rings. The Morgan fingerprint density at radius 1 is 1.23 bits per heavy atom. The fourth-order valence-corrected chi connectivity index (χ4v) is 8.63. The number of fused-ring (bicyclic) bond motifs is 5. The van der Waals surface area contributed by atoms with Crippen LogP contribution in [0.3, 0.4) is 0 Å². The lowest BCUT2D eigenvalue weighted by Crippen LogP contribution is -2.62. The summed E-state index contributed by atoms with van der Waals surface area (Å²) >= 11 is 0. The van der Waals surface area contributed by atoms with E-state index < -0.39 is 11.6 Å². The van der Waals surface area contributed by atoms with Gasteiger partial charge in [-0.05, 0) is 73.7 Å². The van der Waals surface area contributed by atoms with Crippen molar-refractivity contribution in [3.63, 3.8) is 0 Å². The van der Waals surface area contributed by atoms with E-state index in [1.54, 1.807) is 0 Å². The van der Waals surface area contributed by atoms with E-state index in [-0.39, 0.29) is 63.2 Å². The van der Waals surface area contributed by atoms with Crippen LogP contribution in [0.2, 0.25) is 0 Å². The minimum atomic E-state index is -0.763. The van der Waals surface area contributed by atoms with E-state index >= 15 is 4.39 Å². The van der Waals surface area contributed by atoms with Crippen molar-refractivity contribution in [2.45, 2.75) is 63.1 Å². The number of piperazine rings is 1. The molecule has 11 heteroatoms. The zero-order valence-corrected chi connectivity index (χ0v) is 27.0. The monoisotopic (exact) mass is 654 g/mol. The average Bonchev–Trinajstić information content (AvgIpc) is 3.73. The molecular weight excluding hydrogens is 617 g/mol. The van der Waals surface area contributed by atoms with Crippen LogP contribution in [0.15, 0.2) is 42.4 Å². The van der Waals surface area contributed by atoms with Crippen molar-refractivity contribution in [3.05, 3.63) is 59.6 Å². The van der Waals surface area contributed by atoms with E-state index in [0.29, 0.717) is 54.9 Å². The van der Waals surface area contributed by atoms with Crippen LogP contribution in [0.5, 0.6) is 11.8 Å². The topological polar surface area (TPSA) is 86.6 Å². The Morgan fingerprint density at radius 2 is 2.08 bits per heavy atom. The molecule has 0 spiro atoms. The first kappa shape index (κ1) is 30.9. The summed E-state index contributed by atoms with van der Waals surface area (Å²) in [6.07, 6.45) is 12.4. The molecule has 0 saturated carbocycles. The Balaban J connectivity index is 1.28. The van der Waals surface area contributed by atoms with Gasteiger partial charge in [0.1, 0.15) is 35.2 Å². The molecule has 8 nitrogen and oxygen atoms in total. The second-order valence-corrected chi connectivity index (χ2v) is 14.2. The summed E-state index contributed by atoms with van der Waals surface area (Å²) in [5.74, 6) is 1.72. The minimum absolute atomic E-state index is 0.00354. The van der Waals surface area contributed by atoms with Crippen molar-refractivity contribution >= 4 is 27.5 Å². The van der Waals surface area contributed by atoms with Gasteiger partial charge in [0.25, 0.3) is 0 Å². The van der Waals surface area contributed by atoms with Gasteiger partial charge in [-0.3, -0.25) is 9.88 Å². The first-order valence-electron chi connectivity index (χ1n) is 16.6. The fraction of sp³-hybridized carbons (Fsp3) is 0.432.